The Morgan fingerprint density at radius 3 is 1.65 bits per heavy atom. The zero-order valence-electron chi connectivity index (χ0n) is 11.4. The molecule has 0 unspecified atom stereocenters. The molecule has 0 saturated carbocycles. The molecule has 0 bridgehead atoms. The third-order valence-electron chi connectivity index (χ3n) is 3.04. The van der Waals surface area contributed by atoms with Gasteiger partial charge in [-0.25, -0.2) is 0 Å². The molecule has 0 aliphatic carbocycles. The molecule has 0 radical (unpaired) electrons. The van der Waals surface area contributed by atoms with E-state index in [1.54, 1.807) is 0 Å². The van der Waals surface area contributed by atoms with Crippen LogP contribution in [0.25, 0.3) is 0 Å². The van der Waals surface area contributed by atoms with Crippen LogP contribution in [-0.2, 0) is 0 Å². The summed E-state index contributed by atoms with van der Waals surface area (Å²) in [5, 5.41) is 0. The van der Waals surface area contributed by atoms with E-state index in [1.165, 1.54) is 69.9 Å². The Balaban J connectivity index is 3.45. The van der Waals surface area contributed by atoms with Gasteiger partial charge >= 0.3 is 0 Å². The first kappa shape index (κ1) is 18.0. The summed E-state index contributed by atoms with van der Waals surface area (Å²) >= 11 is 11.6. The second kappa shape index (κ2) is 15.1. The van der Waals surface area contributed by atoms with Gasteiger partial charge in [-0.3, -0.25) is 0 Å². The molecule has 104 valence electrons. The first-order valence-corrected chi connectivity index (χ1v) is 10.2. The smallest absolute Gasteiger partial charge is 0.0226 e. The van der Waals surface area contributed by atoms with E-state index < -0.39 is 0 Å². The van der Waals surface area contributed by atoms with Crippen LogP contribution in [0.1, 0.15) is 58.3 Å². The molecule has 0 heterocycles. The maximum Gasteiger partial charge on any atom is 0.0226 e. The van der Waals surface area contributed by atoms with Gasteiger partial charge in [-0.05, 0) is 37.7 Å². The van der Waals surface area contributed by atoms with Crippen LogP contribution in [0.4, 0.5) is 0 Å². The van der Waals surface area contributed by atoms with Crippen molar-refractivity contribution in [2.45, 2.75) is 58.3 Å². The van der Waals surface area contributed by atoms with Gasteiger partial charge in [-0.15, -0.1) is 31.1 Å². The van der Waals surface area contributed by atoms with E-state index in [1.807, 2.05) is 0 Å². The predicted octanol–water partition coefficient (Wildman–Crippen LogP) is 6.09. The molecule has 3 heteroatoms. The quantitative estimate of drug-likeness (QED) is 0.219. The van der Waals surface area contributed by atoms with Crippen LogP contribution in [0.15, 0.2) is 0 Å². The first-order chi connectivity index (χ1) is 8.35. The first-order valence-electron chi connectivity index (χ1n) is 7.19. The second-order valence-corrected chi connectivity index (χ2v) is 8.13. The van der Waals surface area contributed by atoms with Crippen molar-refractivity contribution in [2.75, 3.05) is 30.2 Å². The van der Waals surface area contributed by atoms with Crippen molar-refractivity contribution in [3.63, 3.8) is 0 Å². The molecule has 0 N–H and O–H groups in total. The lowest BCUT2D eigenvalue weighted by atomic mass is 10.1. The van der Waals surface area contributed by atoms with E-state index in [0.717, 1.165) is 11.8 Å². The van der Waals surface area contributed by atoms with E-state index in [4.69, 9.17) is 23.2 Å². The molecule has 0 aliphatic rings. The van der Waals surface area contributed by atoms with Crippen LogP contribution in [-0.4, -0.2) is 30.2 Å². The summed E-state index contributed by atoms with van der Waals surface area (Å²) in [6.45, 7) is 2.28. The number of unbranched alkanes of at least 4 members (excludes halogenated alkanes) is 5. The Labute approximate surface area is 120 Å². The van der Waals surface area contributed by atoms with Gasteiger partial charge in [0, 0.05) is 11.8 Å². The molecular formula is C14H29Cl2P. The number of halogens is 2. The van der Waals surface area contributed by atoms with Gasteiger partial charge in [-0.2, -0.15) is 0 Å². The summed E-state index contributed by atoms with van der Waals surface area (Å²) in [7, 11) is 0.234. The van der Waals surface area contributed by atoms with Gasteiger partial charge in [0.2, 0.25) is 0 Å². The highest BCUT2D eigenvalue weighted by molar-refractivity contribution is 7.57. The minimum atomic E-state index is 0.234. The van der Waals surface area contributed by atoms with Crippen LogP contribution in [0.5, 0.6) is 0 Å². The summed E-state index contributed by atoms with van der Waals surface area (Å²) in [5.74, 6) is 1.66. The SMILES string of the molecule is CCCCCCCCP(CCCCl)CCCCl. The van der Waals surface area contributed by atoms with Gasteiger partial charge < -0.3 is 0 Å². The highest BCUT2D eigenvalue weighted by atomic mass is 35.5. The Hall–Kier alpha value is 1.01. The normalized spacial score (nSPS) is 11.3. The Bertz CT molecular complexity index is 134. The van der Waals surface area contributed by atoms with Crippen molar-refractivity contribution in [3.05, 3.63) is 0 Å². The summed E-state index contributed by atoms with van der Waals surface area (Å²) in [5.41, 5.74) is 0. The topological polar surface area (TPSA) is 0 Å². The van der Waals surface area contributed by atoms with Crippen LogP contribution in [0.3, 0.4) is 0 Å². The van der Waals surface area contributed by atoms with Gasteiger partial charge in [0.15, 0.2) is 0 Å². The molecule has 17 heavy (non-hydrogen) atoms. The van der Waals surface area contributed by atoms with Gasteiger partial charge in [0.05, 0.1) is 0 Å². The van der Waals surface area contributed by atoms with Crippen molar-refractivity contribution in [1.29, 1.82) is 0 Å². The number of hydrogen-bond donors (Lipinski definition) is 0. The largest absolute Gasteiger partial charge is 0.127 e. The fourth-order valence-electron chi connectivity index (χ4n) is 2.02. The lowest BCUT2D eigenvalue weighted by molar-refractivity contribution is 0.626. The van der Waals surface area contributed by atoms with E-state index in [9.17, 15) is 0 Å². The predicted molar refractivity (Wildman–Crippen MR) is 85.6 cm³/mol. The summed E-state index contributed by atoms with van der Waals surface area (Å²) in [6, 6.07) is 0. The highest BCUT2D eigenvalue weighted by Gasteiger charge is 2.06. The minimum Gasteiger partial charge on any atom is -0.127 e. The third-order valence-corrected chi connectivity index (χ3v) is 6.42. The molecule has 0 rings (SSSR count). The Morgan fingerprint density at radius 1 is 0.647 bits per heavy atom. The summed E-state index contributed by atoms with van der Waals surface area (Å²) in [4.78, 5) is 0. The molecule has 0 aromatic heterocycles. The van der Waals surface area contributed by atoms with Crippen molar-refractivity contribution in [3.8, 4) is 0 Å². The van der Waals surface area contributed by atoms with Crippen LogP contribution >= 0.6 is 31.1 Å². The van der Waals surface area contributed by atoms with E-state index in [-0.39, 0.29) is 7.92 Å². The van der Waals surface area contributed by atoms with Crippen molar-refractivity contribution in [2.24, 2.45) is 0 Å². The fraction of sp³-hybridized carbons (Fsp3) is 1.00. The van der Waals surface area contributed by atoms with Crippen molar-refractivity contribution in [1.82, 2.24) is 0 Å². The molecule has 0 aromatic carbocycles. The standard InChI is InChI=1S/C14H29Cl2P/c1-2-3-4-5-6-7-12-17(13-8-10-15)14-9-11-16/h2-14H2,1H3. The summed E-state index contributed by atoms with van der Waals surface area (Å²) < 4.78 is 0. The van der Waals surface area contributed by atoms with E-state index in [2.05, 4.69) is 6.92 Å². The Morgan fingerprint density at radius 2 is 1.12 bits per heavy atom. The van der Waals surface area contributed by atoms with Gasteiger partial charge in [-0.1, -0.05) is 39.0 Å². The van der Waals surface area contributed by atoms with Gasteiger partial charge in [0.25, 0.3) is 0 Å². The summed E-state index contributed by atoms with van der Waals surface area (Å²) in [6.07, 6.45) is 15.1. The number of rotatable bonds is 13. The van der Waals surface area contributed by atoms with Gasteiger partial charge in [0.1, 0.15) is 0 Å². The van der Waals surface area contributed by atoms with Crippen LogP contribution < -0.4 is 0 Å². The molecule has 0 aromatic rings. The minimum absolute atomic E-state index is 0.234. The van der Waals surface area contributed by atoms with E-state index in [0.29, 0.717) is 0 Å². The maximum atomic E-state index is 5.78. The molecular weight excluding hydrogens is 270 g/mol. The molecule has 0 atom stereocenters. The molecule has 0 fully saturated rings. The fourth-order valence-corrected chi connectivity index (χ4v) is 5.21. The molecule has 0 spiro atoms. The van der Waals surface area contributed by atoms with Crippen molar-refractivity contribution < 1.29 is 0 Å². The number of alkyl halides is 2. The molecule has 0 nitrogen and oxygen atoms in total. The monoisotopic (exact) mass is 298 g/mol. The van der Waals surface area contributed by atoms with Crippen LogP contribution in [0.2, 0.25) is 0 Å². The highest BCUT2D eigenvalue weighted by Crippen LogP contribution is 2.38. The number of hydrogen-bond acceptors (Lipinski definition) is 0. The zero-order chi connectivity index (χ0) is 12.8. The average Bonchev–Trinajstić information content (AvgIpc) is 2.35. The van der Waals surface area contributed by atoms with Crippen molar-refractivity contribution >= 4 is 31.1 Å². The average molecular weight is 299 g/mol. The maximum absolute atomic E-state index is 5.78. The lowest BCUT2D eigenvalue weighted by Crippen LogP contribution is -1.97. The molecule has 0 saturated heterocycles. The van der Waals surface area contributed by atoms with Crippen LogP contribution in [0, 0.1) is 0 Å². The second-order valence-electron chi connectivity index (χ2n) is 4.69. The zero-order valence-corrected chi connectivity index (χ0v) is 13.8. The van der Waals surface area contributed by atoms with E-state index >= 15 is 0 Å². The Kier molecular flexibility index (Phi) is 16.0. The lowest BCUT2D eigenvalue weighted by Gasteiger charge is -2.16. The molecule has 0 aliphatic heterocycles. The molecule has 0 amide bonds. The third kappa shape index (κ3) is 13.2.